The van der Waals surface area contributed by atoms with E-state index in [-0.39, 0.29) is 0 Å². The Kier molecular flexibility index (Phi) is 4.99. The van der Waals surface area contributed by atoms with Gasteiger partial charge in [0.2, 0.25) is 0 Å². The topological polar surface area (TPSA) is 28.2 Å². The summed E-state index contributed by atoms with van der Waals surface area (Å²) in [7, 11) is 4.04. The van der Waals surface area contributed by atoms with Crippen LogP contribution < -0.4 is 10.2 Å². The van der Waals surface area contributed by atoms with Crippen LogP contribution in [0.5, 0.6) is 0 Å². The summed E-state index contributed by atoms with van der Waals surface area (Å²) in [5.41, 5.74) is 2.46. The Labute approximate surface area is 121 Å². The first-order valence-corrected chi connectivity index (χ1v) is 7.13. The van der Waals surface area contributed by atoms with E-state index < -0.39 is 0 Å². The van der Waals surface area contributed by atoms with Gasteiger partial charge in [0.15, 0.2) is 5.82 Å². The first-order valence-electron chi connectivity index (χ1n) is 7.13. The molecule has 0 aliphatic heterocycles. The molecule has 0 radical (unpaired) electrons. The zero-order valence-electron chi connectivity index (χ0n) is 12.5. The van der Waals surface area contributed by atoms with Gasteiger partial charge in [-0.15, -0.1) is 0 Å². The van der Waals surface area contributed by atoms with E-state index in [1.807, 2.05) is 31.3 Å². The van der Waals surface area contributed by atoms with Crippen LogP contribution >= 0.6 is 0 Å². The third kappa shape index (κ3) is 3.73. The van der Waals surface area contributed by atoms with Crippen molar-refractivity contribution in [1.82, 2.24) is 4.98 Å². The van der Waals surface area contributed by atoms with Crippen molar-refractivity contribution >= 4 is 11.5 Å². The molecule has 3 heteroatoms. The fraction of sp³-hybridized carbons (Fsp3) is 0.353. The molecule has 0 aliphatic carbocycles. The molecule has 106 valence electrons. The SMILES string of the molecule is CCC(Cc1ccccc1)Nc1cccnc1N(C)C. The molecule has 1 atom stereocenters. The lowest BCUT2D eigenvalue weighted by molar-refractivity contribution is 0.690. The standard InChI is InChI=1S/C17H23N3/c1-4-15(13-14-9-6-5-7-10-14)19-16-11-8-12-18-17(16)20(2)3/h5-12,15,19H,4,13H2,1-3H3. The summed E-state index contributed by atoms with van der Waals surface area (Å²) in [5.74, 6) is 0.985. The van der Waals surface area contributed by atoms with E-state index in [1.165, 1.54) is 5.56 Å². The molecule has 0 spiro atoms. The highest BCUT2D eigenvalue weighted by molar-refractivity contribution is 5.65. The van der Waals surface area contributed by atoms with Gasteiger partial charge in [-0.05, 0) is 30.5 Å². The second-order valence-corrected chi connectivity index (χ2v) is 5.21. The summed E-state index contributed by atoms with van der Waals surface area (Å²) in [4.78, 5) is 6.48. The Hall–Kier alpha value is -2.03. The number of nitrogens with zero attached hydrogens (tertiary/aromatic N) is 2. The highest BCUT2D eigenvalue weighted by Gasteiger charge is 2.11. The van der Waals surface area contributed by atoms with Crippen molar-refractivity contribution in [2.75, 3.05) is 24.3 Å². The number of benzene rings is 1. The van der Waals surface area contributed by atoms with Gasteiger partial charge < -0.3 is 10.2 Å². The molecule has 0 saturated carbocycles. The Morgan fingerprint density at radius 2 is 1.85 bits per heavy atom. The lowest BCUT2D eigenvalue weighted by Crippen LogP contribution is -2.23. The molecule has 1 N–H and O–H groups in total. The monoisotopic (exact) mass is 269 g/mol. The fourth-order valence-electron chi connectivity index (χ4n) is 2.28. The molecule has 0 aliphatic rings. The molecule has 3 nitrogen and oxygen atoms in total. The number of hydrogen-bond acceptors (Lipinski definition) is 3. The van der Waals surface area contributed by atoms with E-state index in [4.69, 9.17) is 0 Å². The largest absolute Gasteiger partial charge is 0.379 e. The Bertz CT molecular complexity index is 523. The molecule has 2 aromatic rings. The van der Waals surface area contributed by atoms with Crippen molar-refractivity contribution in [1.29, 1.82) is 0 Å². The average molecular weight is 269 g/mol. The van der Waals surface area contributed by atoms with Crippen molar-refractivity contribution < 1.29 is 0 Å². The first-order chi connectivity index (χ1) is 9.70. The van der Waals surface area contributed by atoms with E-state index in [0.29, 0.717) is 6.04 Å². The molecule has 1 heterocycles. The van der Waals surface area contributed by atoms with Crippen LogP contribution in [0.25, 0.3) is 0 Å². The summed E-state index contributed by atoms with van der Waals surface area (Å²) in [6, 6.07) is 15.1. The van der Waals surface area contributed by atoms with Gasteiger partial charge in [0.25, 0.3) is 0 Å². The Morgan fingerprint density at radius 3 is 2.50 bits per heavy atom. The van der Waals surface area contributed by atoms with Crippen molar-refractivity contribution in [3.05, 3.63) is 54.2 Å². The maximum Gasteiger partial charge on any atom is 0.151 e. The molecule has 0 saturated heterocycles. The fourth-order valence-corrected chi connectivity index (χ4v) is 2.28. The summed E-state index contributed by atoms with van der Waals surface area (Å²) in [6.07, 6.45) is 3.94. The minimum absolute atomic E-state index is 0.417. The van der Waals surface area contributed by atoms with E-state index in [2.05, 4.69) is 53.6 Å². The number of pyridine rings is 1. The highest BCUT2D eigenvalue weighted by Crippen LogP contribution is 2.22. The molecule has 1 aromatic carbocycles. The van der Waals surface area contributed by atoms with Gasteiger partial charge in [-0.1, -0.05) is 37.3 Å². The first kappa shape index (κ1) is 14.4. The molecule has 0 amide bonds. The summed E-state index contributed by atoms with van der Waals surface area (Å²) in [6.45, 7) is 2.21. The third-order valence-electron chi connectivity index (χ3n) is 3.39. The molecule has 1 aromatic heterocycles. The second kappa shape index (κ2) is 6.94. The predicted octanol–water partition coefficient (Wildman–Crippen LogP) is 3.58. The Morgan fingerprint density at radius 1 is 1.10 bits per heavy atom. The minimum atomic E-state index is 0.417. The predicted molar refractivity (Wildman–Crippen MR) is 86.4 cm³/mol. The zero-order valence-corrected chi connectivity index (χ0v) is 12.5. The van der Waals surface area contributed by atoms with Crippen LogP contribution in [0, 0.1) is 0 Å². The smallest absolute Gasteiger partial charge is 0.151 e. The van der Waals surface area contributed by atoms with E-state index in [0.717, 1.165) is 24.3 Å². The number of anilines is 2. The van der Waals surface area contributed by atoms with E-state index in [1.54, 1.807) is 0 Å². The Balaban J connectivity index is 2.11. The van der Waals surface area contributed by atoms with Crippen molar-refractivity contribution in [3.8, 4) is 0 Å². The molecular formula is C17H23N3. The molecule has 2 rings (SSSR count). The number of rotatable bonds is 6. The normalized spacial score (nSPS) is 11.9. The molecule has 0 bridgehead atoms. The number of aromatic nitrogens is 1. The van der Waals surface area contributed by atoms with Gasteiger partial charge >= 0.3 is 0 Å². The number of nitrogens with one attached hydrogen (secondary N) is 1. The van der Waals surface area contributed by atoms with Crippen LogP contribution in [-0.4, -0.2) is 25.1 Å². The van der Waals surface area contributed by atoms with Crippen LogP contribution in [0.4, 0.5) is 11.5 Å². The highest BCUT2D eigenvalue weighted by atomic mass is 15.2. The average Bonchev–Trinajstić information content (AvgIpc) is 2.48. The molecule has 20 heavy (non-hydrogen) atoms. The van der Waals surface area contributed by atoms with Crippen molar-refractivity contribution in [2.24, 2.45) is 0 Å². The van der Waals surface area contributed by atoms with Crippen LogP contribution in [0.1, 0.15) is 18.9 Å². The van der Waals surface area contributed by atoms with E-state index in [9.17, 15) is 0 Å². The van der Waals surface area contributed by atoms with Crippen LogP contribution in [-0.2, 0) is 6.42 Å². The molecule has 0 fully saturated rings. The van der Waals surface area contributed by atoms with Gasteiger partial charge in [-0.3, -0.25) is 0 Å². The van der Waals surface area contributed by atoms with Gasteiger partial charge in [-0.25, -0.2) is 4.98 Å². The van der Waals surface area contributed by atoms with Crippen LogP contribution in [0.3, 0.4) is 0 Å². The van der Waals surface area contributed by atoms with Crippen LogP contribution in [0.15, 0.2) is 48.7 Å². The van der Waals surface area contributed by atoms with Crippen molar-refractivity contribution in [3.63, 3.8) is 0 Å². The molecular weight excluding hydrogens is 246 g/mol. The van der Waals surface area contributed by atoms with Crippen LogP contribution in [0.2, 0.25) is 0 Å². The summed E-state index contributed by atoms with van der Waals surface area (Å²) < 4.78 is 0. The van der Waals surface area contributed by atoms with Gasteiger partial charge in [-0.2, -0.15) is 0 Å². The number of hydrogen-bond donors (Lipinski definition) is 1. The van der Waals surface area contributed by atoms with Crippen molar-refractivity contribution in [2.45, 2.75) is 25.8 Å². The minimum Gasteiger partial charge on any atom is -0.379 e. The maximum absolute atomic E-state index is 4.44. The zero-order chi connectivity index (χ0) is 14.4. The lowest BCUT2D eigenvalue weighted by atomic mass is 10.0. The second-order valence-electron chi connectivity index (χ2n) is 5.21. The molecule has 1 unspecified atom stereocenters. The lowest BCUT2D eigenvalue weighted by Gasteiger charge is -2.22. The summed E-state index contributed by atoms with van der Waals surface area (Å²) >= 11 is 0. The quantitative estimate of drug-likeness (QED) is 0.868. The van der Waals surface area contributed by atoms with E-state index >= 15 is 0 Å². The summed E-state index contributed by atoms with van der Waals surface area (Å²) in [5, 5.41) is 3.62. The van der Waals surface area contributed by atoms with Gasteiger partial charge in [0.1, 0.15) is 0 Å². The van der Waals surface area contributed by atoms with Gasteiger partial charge in [0, 0.05) is 26.3 Å². The third-order valence-corrected chi connectivity index (χ3v) is 3.39. The maximum atomic E-state index is 4.44. The van der Waals surface area contributed by atoms with Gasteiger partial charge in [0.05, 0.1) is 5.69 Å².